The van der Waals surface area contributed by atoms with Crippen molar-refractivity contribution in [1.82, 2.24) is 10.3 Å². The third kappa shape index (κ3) is 4.09. The fourth-order valence-electron chi connectivity index (χ4n) is 2.00. The number of nitrogens with one attached hydrogen (secondary N) is 1. The number of pyridine rings is 1. The molecule has 1 heterocycles. The van der Waals surface area contributed by atoms with Gasteiger partial charge in [0.2, 0.25) is 0 Å². The fraction of sp³-hybridized carbons (Fsp3) is 0.278. The maximum absolute atomic E-state index is 12.2. The highest BCUT2D eigenvalue weighted by Gasteiger charge is 2.26. The van der Waals surface area contributed by atoms with Gasteiger partial charge in [-0.2, -0.15) is 0 Å². The summed E-state index contributed by atoms with van der Waals surface area (Å²) in [7, 11) is 1.34. The largest absolute Gasteiger partial charge is 0.455 e. The van der Waals surface area contributed by atoms with Gasteiger partial charge in [0.25, 0.3) is 12.2 Å². The number of aromatic nitrogens is 1. The Balaban J connectivity index is 2.21. The molecule has 0 spiro atoms. The number of benzene rings is 1. The third-order valence-corrected chi connectivity index (χ3v) is 3.23. The Hall–Kier alpha value is -2.91. The number of aldehydes is 1. The monoisotopic (exact) mass is 326 g/mol. The van der Waals surface area contributed by atoms with Crippen LogP contribution in [0.25, 0.3) is 10.9 Å². The van der Waals surface area contributed by atoms with E-state index in [2.05, 4.69) is 16.2 Å². The van der Waals surface area contributed by atoms with E-state index in [1.807, 2.05) is 0 Å². The van der Waals surface area contributed by atoms with Gasteiger partial charge in [0, 0.05) is 24.3 Å². The van der Waals surface area contributed by atoms with Crippen LogP contribution in [0.3, 0.4) is 0 Å². The number of amides is 1. The van der Waals surface area contributed by atoms with Gasteiger partial charge < -0.3 is 19.6 Å². The zero-order valence-corrected chi connectivity index (χ0v) is 13.7. The van der Waals surface area contributed by atoms with E-state index in [4.69, 9.17) is 15.9 Å². The molecule has 24 heavy (non-hydrogen) atoms. The highest BCUT2D eigenvalue weighted by atomic mass is 16.7. The molecule has 1 aromatic heterocycles. The van der Waals surface area contributed by atoms with Crippen LogP contribution in [0.5, 0.6) is 5.75 Å². The first kappa shape index (κ1) is 17.4. The van der Waals surface area contributed by atoms with Crippen molar-refractivity contribution < 1.29 is 19.1 Å². The lowest BCUT2D eigenvalue weighted by Gasteiger charge is -2.23. The molecular weight excluding hydrogens is 308 g/mol. The molecule has 0 saturated carbocycles. The van der Waals surface area contributed by atoms with Gasteiger partial charge in [-0.05, 0) is 38.1 Å². The van der Waals surface area contributed by atoms with Gasteiger partial charge in [-0.3, -0.25) is 9.78 Å². The first-order chi connectivity index (χ1) is 11.4. The van der Waals surface area contributed by atoms with E-state index in [0.29, 0.717) is 17.6 Å². The van der Waals surface area contributed by atoms with Crippen LogP contribution in [0.1, 0.15) is 19.4 Å². The average Bonchev–Trinajstić information content (AvgIpc) is 2.58. The number of hydrogen-bond donors (Lipinski definition) is 1. The van der Waals surface area contributed by atoms with Crippen LogP contribution >= 0.6 is 0 Å². The van der Waals surface area contributed by atoms with Crippen molar-refractivity contribution in [3.63, 3.8) is 0 Å². The maximum Gasteiger partial charge on any atom is 0.290 e. The highest BCUT2D eigenvalue weighted by Crippen LogP contribution is 2.21. The van der Waals surface area contributed by atoms with Crippen molar-refractivity contribution in [2.75, 3.05) is 7.11 Å². The summed E-state index contributed by atoms with van der Waals surface area (Å²) in [5.41, 5.74) is 0.391. The standard InChI is InChI=1S/C18H18N2O4/c1-5-12-8-13-9-14(6-7-15(13)19-10-12)24-17(23-4)16(22)20-18(2,3)11-21/h1,6-11,17H,2-4H3,(H,20,22). The van der Waals surface area contributed by atoms with Crippen molar-refractivity contribution >= 4 is 23.1 Å². The number of terminal acetylenes is 1. The summed E-state index contributed by atoms with van der Waals surface area (Å²) in [6, 6.07) is 6.94. The molecule has 124 valence electrons. The molecule has 1 aromatic carbocycles. The summed E-state index contributed by atoms with van der Waals surface area (Å²) in [5.74, 6) is 2.39. The lowest BCUT2D eigenvalue weighted by atomic mass is 10.1. The van der Waals surface area contributed by atoms with Crippen LogP contribution < -0.4 is 10.1 Å². The summed E-state index contributed by atoms with van der Waals surface area (Å²) in [5, 5.41) is 3.32. The number of nitrogens with zero attached hydrogens (tertiary/aromatic N) is 1. The van der Waals surface area contributed by atoms with E-state index >= 15 is 0 Å². The smallest absolute Gasteiger partial charge is 0.290 e. The van der Waals surface area contributed by atoms with Gasteiger partial charge in [-0.1, -0.05) is 5.92 Å². The molecular formula is C18H18N2O4. The van der Waals surface area contributed by atoms with Gasteiger partial charge in [-0.25, -0.2) is 0 Å². The van der Waals surface area contributed by atoms with E-state index in [0.717, 1.165) is 10.9 Å². The number of carbonyl (C=O) groups excluding carboxylic acids is 2. The summed E-state index contributed by atoms with van der Waals surface area (Å²) in [6.45, 7) is 3.15. The molecule has 0 fully saturated rings. The number of ether oxygens (including phenoxy) is 2. The molecule has 1 N–H and O–H groups in total. The Morgan fingerprint density at radius 3 is 2.79 bits per heavy atom. The molecule has 0 aliphatic rings. The SMILES string of the molecule is C#Cc1cnc2ccc(OC(OC)C(=O)NC(C)(C)C=O)cc2c1. The van der Waals surface area contributed by atoms with Gasteiger partial charge in [0.05, 0.1) is 11.1 Å². The second-order valence-electron chi connectivity index (χ2n) is 5.74. The zero-order valence-electron chi connectivity index (χ0n) is 13.7. The Bertz CT molecular complexity index is 808. The molecule has 1 atom stereocenters. The minimum absolute atomic E-state index is 0.421. The predicted molar refractivity (Wildman–Crippen MR) is 89.4 cm³/mol. The van der Waals surface area contributed by atoms with Gasteiger partial charge >= 0.3 is 0 Å². The Kier molecular flexibility index (Phi) is 5.17. The summed E-state index contributed by atoms with van der Waals surface area (Å²) >= 11 is 0. The molecule has 2 aromatic rings. The Morgan fingerprint density at radius 1 is 1.42 bits per heavy atom. The van der Waals surface area contributed by atoms with Crippen LogP contribution in [0.4, 0.5) is 0 Å². The van der Waals surface area contributed by atoms with Crippen molar-refractivity contribution in [3.8, 4) is 18.1 Å². The third-order valence-electron chi connectivity index (χ3n) is 3.23. The number of rotatable bonds is 6. The van der Waals surface area contributed by atoms with Crippen LogP contribution in [0.2, 0.25) is 0 Å². The number of methoxy groups -OCH3 is 1. The highest BCUT2D eigenvalue weighted by molar-refractivity contribution is 5.85. The van der Waals surface area contributed by atoms with Crippen LogP contribution in [0, 0.1) is 12.3 Å². The van der Waals surface area contributed by atoms with Gasteiger partial charge in [0.15, 0.2) is 0 Å². The van der Waals surface area contributed by atoms with Crippen molar-refractivity contribution in [3.05, 3.63) is 36.0 Å². The molecule has 0 saturated heterocycles. The summed E-state index contributed by atoms with van der Waals surface area (Å²) < 4.78 is 10.6. The predicted octanol–water partition coefficient (Wildman–Crippen LogP) is 1.66. The average molecular weight is 326 g/mol. The number of fused-ring (bicyclic) bond motifs is 1. The topological polar surface area (TPSA) is 77.5 Å². The summed E-state index contributed by atoms with van der Waals surface area (Å²) in [6.07, 6.45) is 6.43. The van der Waals surface area contributed by atoms with Crippen molar-refractivity contribution in [2.45, 2.75) is 25.7 Å². The molecule has 6 nitrogen and oxygen atoms in total. The fourth-order valence-corrected chi connectivity index (χ4v) is 2.00. The van der Waals surface area contributed by atoms with E-state index in [-0.39, 0.29) is 0 Å². The van der Waals surface area contributed by atoms with E-state index in [1.165, 1.54) is 7.11 Å². The zero-order chi connectivity index (χ0) is 17.7. The molecule has 1 amide bonds. The molecule has 0 aliphatic heterocycles. The van der Waals surface area contributed by atoms with Crippen molar-refractivity contribution in [2.24, 2.45) is 0 Å². The molecule has 6 heteroatoms. The second-order valence-corrected chi connectivity index (χ2v) is 5.74. The van der Waals surface area contributed by atoms with Crippen molar-refractivity contribution in [1.29, 1.82) is 0 Å². The van der Waals surface area contributed by atoms with Gasteiger partial charge in [-0.15, -0.1) is 6.42 Å². The van der Waals surface area contributed by atoms with E-state index < -0.39 is 17.7 Å². The first-order valence-corrected chi connectivity index (χ1v) is 7.23. The molecule has 0 bridgehead atoms. The quantitative estimate of drug-likeness (QED) is 0.496. The molecule has 2 rings (SSSR count). The summed E-state index contributed by atoms with van der Waals surface area (Å²) in [4.78, 5) is 27.3. The first-order valence-electron chi connectivity index (χ1n) is 7.23. The minimum Gasteiger partial charge on any atom is -0.455 e. The molecule has 0 aliphatic carbocycles. The van der Waals surface area contributed by atoms with Gasteiger partial charge in [0.1, 0.15) is 12.0 Å². The lowest BCUT2D eigenvalue weighted by Crippen LogP contribution is -2.50. The number of hydrogen-bond acceptors (Lipinski definition) is 5. The van der Waals surface area contributed by atoms with Crippen LogP contribution in [0.15, 0.2) is 30.5 Å². The minimum atomic E-state index is -1.19. The Morgan fingerprint density at radius 2 is 2.17 bits per heavy atom. The normalized spacial score (nSPS) is 12.2. The van der Waals surface area contributed by atoms with E-state index in [1.54, 1.807) is 44.3 Å². The van der Waals surface area contributed by atoms with E-state index in [9.17, 15) is 9.59 Å². The lowest BCUT2D eigenvalue weighted by molar-refractivity contribution is -0.150. The molecule has 1 unspecified atom stereocenters. The van der Waals surface area contributed by atoms with Crippen LogP contribution in [-0.4, -0.2) is 36.1 Å². The maximum atomic E-state index is 12.2. The molecule has 0 radical (unpaired) electrons. The second kappa shape index (κ2) is 7.11. The van der Waals surface area contributed by atoms with Crippen LogP contribution in [-0.2, 0) is 14.3 Å². The Labute approximate surface area is 140 Å². The number of carbonyl (C=O) groups is 2.